The van der Waals surface area contributed by atoms with E-state index in [0.29, 0.717) is 10.4 Å². The van der Waals surface area contributed by atoms with Gasteiger partial charge in [0.15, 0.2) is 16.3 Å². The molecule has 0 atom stereocenters. The van der Waals surface area contributed by atoms with Gasteiger partial charge in [-0.3, -0.25) is 4.79 Å². The molecular formula is C18H17BrN4O2. The van der Waals surface area contributed by atoms with E-state index in [0.717, 1.165) is 36.6 Å². The van der Waals surface area contributed by atoms with E-state index in [1.807, 2.05) is 24.3 Å². The van der Waals surface area contributed by atoms with Gasteiger partial charge < -0.3 is 14.3 Å². The first-order chi connectivity index (χ1) is 12.2. The van der Waals surface area contributed by atoms with E-state index in [4.69, 9.17) is 4.42 Å². The maximum absolute atomic E-state index is 12.1. The third-order valence-electron chi connectivity index (χ3n) is 4.31. The second kappa shape index (κ2) is 6.84. The van der Waals surface area contributed by atoms with Gasteiger partial charge in [0.1, 0.15) is 5.82 Å². The highest BCUT2D eigenvalue weighted by Gasteiger charge is 2.16. The standard InChI is InChI=1S/C18H17BrN4O2/c19-15-10-9-14(25-15)18(24)20-13-7-5-12(6-8-13)17-22-21-16-4-2-1-3-11-23(16)17/h5-10H,1-4,11H2,(H,20,24). The quantitative estimate of drug-likeness (QED) is 0.711. The number of nitrogens with zero attached hydrogens (tertiary/aromatic N) is 3. The summed E-state index contributed by atoms with van der Waals surface area (Å²) in [4.78, 5) is 12.1. The first kappa shape index (κ1) is 16.1. The molecule has 1 aliphatic rings. The van der Waals surface area contributed by atoms with Crippen molar-refractivity contribution >= 4 is 27.5 Å². The lowest BCUT2D eigenvalue weighted by atomic mass is 10.2. The van der Waals surface area contributed by atoms with Crippen LogP contribution in [0.4, 0.5) is 5.69 Å². The molecule has 0 unspecified atom stereocenters. The highest BCUT2D eigenvalue weighted by atomic mass is 79.9. The van der Waals surface area contributed by atoms with Gasteiger partial charge in [-0.1, -0.05) is 6.42 Å². The average molecular weight is 401 g/mol. The largest absolute Gasteiger partial charge is 0.444 e. The molecule has 1 amide bonds. The van der Waals surface area contributed by atoms with E-state index in [2.05, 4.69) is 36.0 Å². The van der Waals surface area contributed by atoms with Crippen LogP contribution in [0.1, 0.15) is 35.6 Å². The van der Waals surface area contributed by atoms with Crippen molar-refractivity contribution in [2.24, 2.45) is 0 Å². The molecule has 0 spiro atoms. The molecule has 0 aliphatic carbocycles. The lowest BCUT2D eigenvalue weighted by Gasteiger charge is -2.08. The number of carbonyl (C=O) groups is 1. The van der Waals surface area contributed by atoms with E-state index in [1.165, 1.54) is 12.8 Å². The lowest BCUT2D eigenvalue weighted by molar-refractivity contribution is 0.0995. The zero-order chi connectivity index (χ0) is 17.2. The zero-order valence-corrected chi connectivity index (χ0v) is 15.1. The first-order valence-electron chi connectivity index (χ1n) is 8.30. The van der Waals surface area contributed by atoms with Gasteiger partial charge in [-0.05, 0) is 65.2 Å². The summed E-state index contributed by atoms with van der Waals surface area (Å²) in [5.41, 5.74) is 1.70. The predicted octanol–water partition coefficient (Wildman–Crippen LogP) is 4.28. The molecule has 3 aromatic rings. The number of hydrogen-bond acceptors (Lipinski definition) is 4. The Morgan fingerprint density at radius 2 is 1.92 bits per heavy atom. The fourth-order valence-electron chi connectivity index (χ4n) is 3.03. The van der Waals surface area contributed by atoms with E-state index in [9.17, 15) is 4.79 Å². The Labute approximate surface area is 153 Å². The number of hydrogen-bond donors (Lipinski definition) is 1. The van der Waals surface area contributed by atoms with Crippen LogP contribution in [-0.2, 0) is 13.0 Å². The molecule has 0 fully saturated rings. The van der Waals surface area contributed by atoms with Crippen LogP contribution in [0.5, 0.6) is 0 Å². The molecule has 6 nitrogen and oxygen atoms in total. The molecular weight excluding hydrogens is 384 g/mol. The molecule has 0 saturated heterocycles. The predicted molar refractivity (Wildman–Crippen MR) is 97.4 cm³/mol. The highest BCUT2D eigenvalue weighted by Crippen LogP contribution is 2.24. The number of furan rings is 1. The molecule has 0 saturated carbocycles. The highest BCUT2D eigenvalue weighted by molar-refractivity contribution is 9.10. The molecule has 128 valence electrons. The van der Waals surface area contributed by atoms with Gasteiger partial charge in [-0.15, -0.1) is 10.2 Å². The number of fused-ring (bicyclic) bond motifs is 1. The number of anilines is 1. The molecule has 1 aromatic carbocycles. The number of nitrogens with one attached hydrogen (secondary N) is 1. The fraction of sp³-hybridized carbons (Fsp3) is 0.278. The molecule has 4 rings (SSSR count). The Hall–Kier alpha value is -2.41. The van der Waals surface area contributed by atoms with Gasteiger partial charge >= 0.3 is 0 Å². The van der Waals surface area contributed by atoms with Crippen LogP contribution in [0, 0.1) is 0 Å². The number of aromatic nitrogens is 3. The zero-order valence-electron chi connectivity index (χ0n) is 13.5. The summed E-state index contributed by atoms with van der Waals surface area (Å²) < 4.78 is 7.99. The van der Waals surface area contributed by atoms with Crippen molar-refractivity contribution in [1.82, 2.24) is 14.8 Å². The van der Waals surface area contributed by atoms with Crippen molar-refractivity contribution in [3.8, 4) is 11.4 Å². The number of benzene rings is 1. The average Bonchev–Trinajstić information content (AvgIpc) is 3.16. The van der Waals surface area contributed by atoms with Crippen molar-refractivity contribution in [2.75, 3.05) is 5.32 Å². The summed E-state index contributed by atoms with van der Waals surface area (Å²) in [6.07, 6.45) is 4.55. The first-order valence-corrected chi connectivity index (χ1v) is 9.09. The van der Waals surface area contributed by atoms with Crippen LogP contribution in [0.2, 0.25) is 0 Å². The molecule has 7 heteroatoms. The molecule has 0 bridgehead atoms. The molecule has 2 aromatic heterocycles. The normalized spacial score (nSPS) is 14.0. The summed E-state index contributed by atoms with van der Waals surface area (Å²) in [6, 6.07) is 11.0. The van der Waals surface area contributed by atoms with Crippen LogP contribution >= 0.6 is 15.9 Å². The van der Waals surface area contributed by atoms with E-state index >= 15 is 0 Å². The number of amides is 1. The topological polar surface area (TPSA) is 73.0 Å². The van der Waals surface area contributed by atoms with Crippen LogP contribution in [0.25, 0.3) is 11.4 Å². The van der Waals surface area contributed by atoms with Gasteiger partial charge in [-0.25, -0.2) is 0 Å². The number of carbonyl (C=O) groups excluding carboxylic acids is 1. The van der Waals surface area contributed by atoms with Crippen molar-refractivity contribution in [3.63, 3.8) is 0 Å². The molecule has 0 radical (unpaired) electrons. The second-order valence-corrected chi connectivity index (χ2v) is 6.82. The van der Waals surface area contributed by atoms with Gasteiger partial charge in [0.25, 0.3) is 5.91 Å². The maximum atomic E-state index is 12.1. The Kier molecular flexibility index (Phi) is 4.40. The van der Waals surface area contributed by atoms with Gasteiger partial charge in [0, 0.05) is 24.2 Å². The molecule has 1 aliphatic heterocycles. The number of halogens is 1. The third kappa shape index (κ3) is 3.37. The van der Waals surface area contributed by atoms with E-state index < -0.39 is 0 Å². The molecule has 25 heavy (non-hydrogen) atoms. The summed E-state index contributed by atoms with van der Waals surface area (Å²) in [5.74, 6) is 1.94. The third-order valence-corrected chi connectivity index (χ3v) is 4.73. The van der Waals surface area contributed by atoms with E-state index in [-0.39, 0.29) is 11.7 Å². The van der Waals surface area contributed by atoms with E-state index in [1.54, 1.807) is 12.1 Å². The minimum Gasteiger partial charge on any atom is -0.444 e. The van der Waals surface area contributed by atoms with Crippen molar-refractivity contribution in [2.45, 2.75) is 32.2 Å². The Morgan fingerprint density at radius 1 is 1.08 bits per heavy atom. The van der Waals surface area contributed by atoms with Gasteiger partial charge in [0.05, 0.1) is 0 Å². The maximum Gasteiger partial charge on any atom is 0.291 e. The van der Waals surface area contributed by atoms with Crippen molar-refractivity contribution < 1.29 is 9.21 Å². The molecule has 1 N–H and O–H groups in total. The van der Waals surface area contributed by atoms with Crippen molar-refractivity contribution in [3.05, 3.63) is 52.7 Å². The summed E-state index contributed by atoms with van der Waals surface area (Å²) >= 11 is 3.19. The Morgan fingerprint density at radius 3 is 2.68 bits per heavy atom. The van der Waals surface area contributed by atoms with Crippen LogP contribution < -0.4 is 5.32 Å². The SMILES string of the molecule is O=C(Nc1ccc(-c2nnc3n2CCCCC3)cc1)c1ccc(Br)o1. The minimum absolute atomic E-state index is 0.263. The van der Waals surface area contributed by atoms with Crippen LogP contribution in [0.15, 0.2) is 45.5 Å². The number of rotatable bonds is 3. The minimum atomic E-state index is -0.283. The fourth-order valence-corrected chi connectivity index (χ4v) is 3.34. The monoisotopic (exact) mass is 400 g/mol. The number of aryl methyl sites for hydroxylation is 1. The molecule has 3 heterocycles. The van der Waals surface area contributed by atoms with Crippen LogP contribution in [-0.4, -0.2) is 20.7 Å². The smallest absolute Gasteiger partial charge is 0.291 e. The Bertz CT molecular complexity index is 898. The van der Waals surface area contributed by atoms with Crippen LogP contribution in [0.3, 0.4) is 0 Å². The lowest BCUT2D eigenvalue weighted by Crippen LogP contribution is -2.10. The summed E-state index contributed by atoms with van der Waals surface area (Å²) in [7, 11) is 0. The summed E-state index contributed by atoms with van der Waals surface area (Å²) in [5, 5.41) is 11.5. The van der Waals surface area contributed by atoms with Gasteiger partial charge in [-0.2, -0.15) is 0 Å². The summed E-state index contributed by atoms with van der Waals surface area (Å²) in [6.45, 7) is 0.962. The Balaban J connectivity index is 1.52. The second-order valence-electron chi connectivity index (χ2n) is 6.04. The van der Waals surface area contributed by atoms with Crippen molar-refractivity contribution in [1.29, 1.82) is 0 Å². The van der Waals surface area contributed by atoms with Gasteiger partial charge in [0.2, 0.25) is 0 Å².